The average molecular weight is 320 g/mol. The molecular weight excluding hydrogens is 302 g/mol. The van der Waals surface area contributed by atoms with E-state index in [1.54, 1.807) is 19.3 Å². The zero-order valence-corrected chi connectivity index (χ0v) is 13.4. The molecule has 0 fully saturated rings. The van der Waals surface area contributed by atoms with Gasteiger partial charge < -0.3 is 4.74 Å². The van der Waals surface area contributed by atoms with Gasteiger partial charge in [0.1, 0.15) is 10.8 Å². The zero-order chi connectivity index (χ0) is 16.1. The highest BCUT2D eigenvalue weighted by Crippen LogP contribution is 2.21. The number of rotatable bonds is 4. The van der Waals surface area contributed by atoms with Crippen LogP contribution < -0.4 is 4.74 Å². The number of hydrogen-bond donors (Lipinski definition) is 0. The topological polar surface area (TPSA) is 46.6 Å². The summed E-state index contributed by atoms with van der Waals surface area (Å²) < 4.78 is 5.17. The van der Waals surface area contributed by atoms with E-state index in [1.807, 2.05) is 31.2 Å². The fourth-order valence-electron chi connectivity index (χ4n) is 2.25. The number of ether oxygens (including phenoxy) is 1. The zero-order valence-electron chi connectivity index (χ0n) is 12.6. The maximum atomic E-state index is 12.6. The molecule has 0 radical (unpaired) electrons. The van der Waals surface area contributed by atoms with E-state index >= 15 is 0 Å². The minimum atomic E-state index is -0.428. The van der Waals surface area contributed by atoms with E-state index in [0.717, 1.165) is 11.3 Å². The highest BCUT2D eigenvalue weighted by Gasteiger charge is 2.27. The molecule has 1 aliphatic heterocycles. The number of nitrogens with zero attached hydrogens (tertiary/aromatic N) is 1. The van der Waals surface area contributed by atoms with Gasteiger partial charge in [0.15, 0.2) is 0 Å². The van der Waals surface area contributed by atoms with E-state index in [2.05, 4.69) is 0 Å². The van der Waals surface area contributed by atoms with Crippen LogP contribution in [0.15, 0.2) is 40.9 Å². The van der Waals surface area contributed by atoms with Crippen LogP contribution in [0.25, 0.3) is 6.08 Å². The molecular formula is C17H18ClNO3. The molecule has 2 rings (SSSR count). The van der Waals surface area contributed by atoms with Crippen molar-refractivity contribution in [3.8, 4) is 5.75 Å². The maximum absolute atomic E-state index is 12.6. The van der Waals surface area contributed by atoms with Gasteiger partial charge in [0, 0.05) is 12.1 Å². The van der Waals surface area contributed by atoms with Gasteiger partial charge in [-0.1, -0.05) is 36.7 Å². The van der Waals surface area contributed by atoms with Crippen LogP contribution in [0.3, 0.4) is 0 Å². The Bertz CT molecular complexity index is 649. The summed E-state index contributed by atoms with van der Waals surface area (Å²) in [6, 6.07) is 7.42. The van der Waals surface area contributed by atoms with Crippen LogP contribution in [0.1, 0.15) is 25.3 Å². The number of amides is 2. The summed E-state index contributed by atoms with van der Waals surface area (Å²) in [5.41, 5.74) is 1.42. The van der Waals surface area contributed by atoms with Crippen LogP contribution in [-0.2, 0) is 9.59 Å². The lowest BCUT2D eigenvalue weighted by atomic mass is 10.1. The maximum Gasteiger partial charge on any atom is 0.271 e. The second-order valence-electron chi connectivity index (χ2n) is 4.90. The van der Waals surface area contributed by atoms with E-state index in [1.165, 1.54) is 4.90 Å². The summed E-state index contributed by atoms with van der Waals surface area (Å²) in [5.74, 6) is 0.00107. The minimum absolute atomic E-state index is 0.108. The van der Waals surface area contributed by atoms with E-state index < -0.39 is 5.91 Å². The van der Waals surface area contributed by atoms with Gasteiger partial charge in [-0.25, -0.2) is 0 Å². The molecule has 1 aliphatic rings. The van der Waals surface area contributed by atoms with Crippen LogP contribution >= 0.6 is 11.6 Å². The summed E-state index contributed by atoms with van der Waals surface area (Å²) in [6.07, 6.45) is 4.54. The largest absolute Gasteiger partial charge is 0.497 e. The lowest BCUT2D eigenvalue weighted by Crippen LogP contribution is -2.40. The Morgan fingerprint density at radius 3 is 2.91 bits per heavy atom. The smallest absolute Gasteiger partial charge is 0.271 e. The first-order valence-corrected chi connectivity index (χ1v) is 7.51. The third-order valence-corrected chi connectivity index (χ3v) is 3.78. The molecule has 0 N–H and O–H groups in total. The van der Waals surface area contributed by atoms with Crippen molar-refractivity contribution < 1.29 is 14.3 Å². The predicted molar refractivity (Wildman–Crippen MR) is 86.5 cm³/mol. The van der Waals surface area contributed by atoms with Crippen LogP contribution in [0.5, 0.6) is 5.75 Å². The van der Waals surface area contributed by atoms with Crippen molar-refractivity contribution in [3.63, 3.8) is 0 Å². The van der Waals surface area contributed by atoms with E-state index in [-0.39, 0.29) is 10.9 Å². The molecule has 0 saturated carbocycles. The van der Waals surface area contributed by atoms with Crippen molar-refractivity contribution in [3.05, 3.63) is 46.5 Å². The molecule has 1 heterocycles. The first-order valence-electron chi connectivity index (χ1n) is 7.13. The van der Waals surface area contributed by atoms with Crippen molar-refractivity contribution in [2.75, 3.05) is 13.7 Å². The second kappa shape index (κ2) is 7.27. The van der Waals surface area contributed by atoms with Gasteiger partial charge in [0.25, 0.3) is 11.8 Å². The Morgan fingerprint density at radius 1 is 1.45 bits per heavy atom. The molecule has 0 atom stereocenters. The lowest BCUT2D eigenvalue weighted by molar-refractivity contribution is -0.140. The normalized spacial score (nSPS) is 15.6. The molecule has 2 amide bonds. The first kappa shape index (κ1) is 16.3. The lowest BCUT2D eigenvalue weighted by Gasteiger charge is -2.24. The van der Waals surface area contributed by atoms with Gasteiger partial charge >= 0.3 is 0 Å². The molecule has 0 aliphatic carbocycles. The average Bonchev–Trinajstić information content (AvgIpc) is 2.54. The Morgan fingerprint density at radius 2 is 2.23 bits per heavy atom. The highest BCUT2D eigenvalue weighted by molar-refractivity contribution is 6.43. The van der Waals surface area contributed by atoms with Gasteiger partial charge in [-0.3, -0.25) is 14.5 Å². The quantitative estimate of drug-likeness (QED) is 0.799. The molecule has 0 saturated heterocycles. The van der Waals surface area contributed by atoms with Crippen molar-refractivity contribution in [2.45, 2.75) is 19.8 Å². The van der Waals surface area contributed by atoms with Crippen LogP contribution in [0.2, 0.25) is 0 Å². The predicted octanol–water partition coefficient (Wildman–Crippen LogP) is 3.37. The summed E-state index contributed by atoms with van der Waals surface area (Å²) in [6.45, 7) is 2.25. The van der Waals surface area contributed by atoms with Crippen LogP contribution in [-0.4, -0.2) is 30.4 Å². The number of carbonyl (C=O) groups excluding carboxylic acids is 2. The second-order valence-corrected chi connectivity index (χ2v) is 5.31. The van der Waals surface area contributed by atoms with Crippen LogP contribution in [0.4, 0.5) is 0 Å². The summed E-state index contributed by atoms with van der Waals surface area (Å²) >= 11 is 5.84. The Hall–Kier alpha value is -2.07. The van der Waals surface area contributed by atoms with Crippen molar-refractivity contribution in [1.29, 1.82) is 0 Å². The van der Waals surface area contributed by atoms with Gasteiger partial charge in [-0.15, -0.1) is 0 Å². The molecule has 0 spiro atoms. The van der Waals surface area contributed by atoms with Crippen LogP contribution in [0, 0.1) is 0 Å². The standard InChI is InChI=1S/C17H18ClNO3/c1-3-13(10-12-6-4-7-14(11-12)22-2)16(20)19-9-5-8-15(18)17(19)21/h4,6-8,10-11H,3,5,9H2,1-2H3/b13-10+. The number of imide groups is 1. The van der Waals surface area contributed by atoms with Gasteiger partial charge in [-0.05, 0) is 36.6 Å². The van der Waals surface area contributed by atoms with Gasteiger partial charge in [0.2, 0.25) is 0 Å². The number of hydrogen-bond acceptors (Lipinski definition) is 3. The van der Waals surface area contributed by atoms with Gasteiger partial charge in [-0.2, -0.15) is 0 Å². The molecule has 5 heteroatoms. The molecule has 22 heavy (non-hydrogen) atoms. The highest BCUT2D eigenvalue weighted by atomic mass is 35.5. The first-order chi connectivity index (χ1) is 10.6. The minimum Gasteiger partial charge on any atom is -0.497 e. The van der Waals surface area contributed by atoms with Crippen molar-refractivity contribution in [2.24, 2.45) is 0 Å². The summed E-state index contributed by atoms with van der Waals surface area (Å²) in [5, 5.41) is 0.108. The molecule has 4 nitrogen and oxygen atoms in total. The Kier molecular flexibility index (Phi) is 5.39. The number of benzene rings is 1. The van der Waals surface area contributed by atoms with E-state index in [0.29, 0.717) is 25.0 Å². The SMILES string of the molecule is CC/C(=C\c1cccc(OC)c1)C(=O)N1CCC=C(Cl)C1=O. The summed E-state index contributed by atoms with van der Waals surface area (Å²) in [4.78, 5) is 25.8. The molecule has 0 aromatic heterocycles. The summed E-state index contributed by atoms with van der Waals surface area (Å²) in [7, 11) is 1.59. The van der Waals surface area contributed by atoms with Gasteiger partial charge in [0.05, 0.1) is 7.11 Å². The van der Waals surface area contributed by atoms with Crippen molar-refractivity contribution >= 4 is 29.5 Å². The fourth-order valence-corrected chi connectivity index (χ4v) is 2.46. The number of methoxy groups -OCH3 is 1. The number of carbonyl (C=O) groups is 2. The fraction of sp³-hybridized carbons (Fsp3) is 0.294. The molecule has 0 bridgehead atoms. The molecule has 1 aromatic carbocycles. The molecule has 116 valence electrons. The molecule has 1 aromatic rings. The third kappa shape index (κ3) is 3.57. The number of halogens is 1. The van der Waals surface area contributed by atoms with Crippen molar-refractivity contribution in [1.82, 2.24) is 4.90 Å². The Balaban J connectivity index is 2.27. The third-order valence-electron chi connectivity index (χ3n) is 3.46. The monoisotopic (exact) mass is 319 g/mol. The Labute approximate surface area is 135 Å². The van der Waals surface area contributed by atoms with E-state index in [9.17, 15) is 9.59 Å². The molecule has 0 unspecified atom stereocenters. The van der Waals surface area contributed by atoms with E-state index in [4.69, 9.17) is 16.3 Å².